The van der Waals surface area contributed by atoms with Crippen molar-refractivity contribution in [2.45, 2.75) is 23.2 Å². The largest absolute Gasteiger partial charge is 0.257 e. The smallest absolute Gasteiger partial charge is 0.0672 e. The lowest BCUT2D eigenvalue weighted by atomic mass is 9.75. The molecule has 1 aliphatic heterocycles. The molecule has 1 nitrogen and oxygen atoms in total. The zero-order valence-corrected chi connectivity index (χ0v) is 14.3. The number of hydrogen-bond donors (Lipinski definition) is 0. The molecule has 0 saturated heterocycles. The van der Waals surface area contributed by atoms with E-state index in [1.165, 1.54) is 11.1 Å². The lowest BCUT2D eigenvalue weighted by Gasteiger charge is -2.32. The minimum Gasteiger partial charge on any atom is -0.257 e. The van der Waals surface area contributed by atoms with Crippen LogP contribution in [0.2, 0.25) is 5.02 Å². The number of hydrogen-bond acceptors (Lipinski definition) is 1. The highest BCUT2D eigenvalue weighted by molar-refractivity contribution is 14.1. The highest BCUT2D eigenvalue weighted by Gasteiger charge is 2.43. The van der Waals surface area contributed by atoms with Gasteiger partial charge >= 0.3 is 0 Å². The summed E-state index contributed by atoms with van der Waals surface area (Å²) in [6.45, 7) is 4.38. The monoisotopic (exact) mass is 395 g/mol. The second kappa shape index (κ2) is 5.15. The molecule has 0 N–H and O–H groups in total. The molecule has 1 heterocycles. The first-order chi connectivity index (χ1) is 9.53. The fraction of sp³-hybridized carbons (Fsp3) is 0.235. The molecule has 3 heteroatoms. The van der Waals surface area contributed by atoms with Crippen molar-refractivity contribution in [3.05, 3.63) is 64.7 Å². The minimum absolute atomic E-state index is 0.109. The van der Waals surface area contributed by atoms with Gasteiger partial charge in [0.1, 0.15) is 0 Å². The molecule has 0 fully saturated rings. The Labute approximate surface area is 138 Å². The molecule has 0 radical (unpaired) electrons. The molecule has 2 atom stereocenters. The quantitative estimate of drug-likeness (QED) is 0.445. The fourth-order valence-corrected chi connectivity index (χ4v) is 4.16. The first-order valence-corrected chi connectivity index (χ1v) is 8.20. The SMILES string of the molecule is CC1=Nc2ccc(Cl)cc2C1(C)C(I)c1ccccc1. The van der Waals surface area contributed by atoms with Crippen molar-refractivity contribution in [1.82, 2.24) is 0 Å². The van der Waals surface area contributed by atoms with E-state index in [2.05, 4.69) is 72.8 Å². The zero-order valence-electron chi connectivity index (χ0n) is 11.4. The molecular weight excluding hydrogens is 381 g/mol. The van der Waals surface area contributed by atoms with E-state index in [-0.39, 0.29) is 5.41 Å². The molecule has 20 heavy (non-hydrogen) atoms. The normalized spacial score (nSPS) is 22.3. The van der Waals surface area contributed by atoms with Gasteiger partial charge in [0.05, 0.1) is 9.61 Å². The summed E-state index contributed by atoms with van der Waals surface area (Å²) in [7, 11) is 0. The van der Waals surface area contributed by atoms with E-state index in [1.807, 2.05) is 12.1 Å². The molecule has 0 amide bonds. The number of fused-ring (bicyclic) bond motifs is 1. The van der Waals surface area contributed by atoms with Crippen LogP contribution in [0.1, 0.15) is 28.9 Å². The Hall–Kier alpha value is -0.870. The summed E-state index contributed by atoms with van der Waals surface area (Å²) in [4.78, 5) is 4.75. The van der Waals surface area contributed by atoms with Crippen molar-refractivity contribution in [2.75, 3.05) is 0 Å². The third-order valence-electron chi connectivity index (χ3n) is 4.16. The highest BCUT2D eigenvalue weighted by Crippen LogP contribution is 2.51. The molecule has 0 aliphatic carbocycles. The van der Waals surface area contributed by atoms with E-state index >= 15 is 0 Å². The predicted octanol–water partition coefficient (Wildman–Crippen LogP) is 5.88. The predicted molar refractivity (Wildman–Crippen MR) is 94.8 cm³/mol. The first kappa shape index (κ1) is 14.1. The van der Waals surface area contributed by atoms with Gasteiger partial charge in [0.2, 0.25) is 0 Å². The average molecular weight is 396 g/mol. The van der Waals surface area contributed by atoms with Crippen LogP contribution in [-0.4, -0.2) is 5.71 Å². The van der Waals surface area contributed by atoms with E-state index in [0.717, 1.165) is 16.4 Å². The number of halogens is 2. The third-order valence-corrected chi connectivity index (χ3v) is 6.36. The van der Waals surface area contributed by atoms with Gasteiger partial charge < -0.3 is 0 Å². The van der Waals surface area contributed by atoms with Gasteiger partial charge in [-0.25, -0.2) is 0 Å². The van der Waals surface area contributed by atoms with Crippen LogP contribution in [0.5, 0.6) is 0 Å². The Kier molecular flexibility index (Phi) is 3.63. The number of benzene rings is 2. The maximum Gasteiger partial charge on any atom is 0.0672 e. The Morgan fingerprint density at radius 1 is 1.15 bits per heavy atom. The van der Waals surface area contributed by atoms with Crippen molar-refractivity contribution in [3.8, 4) is 0 Å². The van der Waals surface area contributed by atoms with Crippen LogP contribution in [0.15, 0.2) is 53.5 Å². The van der Waals surface area contributed by atoms with Gasteiger partial charge in [0.15, 0.2) is 0 Å². The number of alkyl halides is 1. The Morgan fingerprint density at radius 3 is 2.55 bits per heavy atom. The van der Waals surface area contributed by atoms with Crippen LogP contribution in [0.25, 0.3) is 0 Å². The van der Waals surface area contributed by atoms with Crippen LogP contribution < -0.4 is 0 Å². The van der Waals surface area contributed by atoms with E-state index < -0.39 is 0 Å². The van der Waals surface area contributed by atoms with Crippen LogP contribution in [0, 0.1) is 0 Å². The summed E-state index contributed by atoms with van der Waals surface area (Å²) < 4.78 is 0.324. The molecule has 2 aromatic carbocycles. The second-order valence-corrected chi connectivity index (χ2v) is 7.02. The van der Waals surface area contributed by atoms with Crippen LogP contribution in [-0.2, 0) is 5.41 Å². The van der Waals surface area contributed by atoms with Crippen molar-refractivity contribution in [3.63, 3.8) is 0 Å². The van der Waals surface area contributed by atoms with Crippen LogP contribution in [0.3, 0.4) is 0 Å². The summed E-state index contributed by atoms with van der Waals surface area (Å²) in [5.74, 6) is 0. The van der Waals surface area contributed by atoms with E-state index in [1.54, 1.807) is 0 Å². The van der Waals surface area contributed by atoms with Crippen molar-refractivity contribution < 1.29 is 0 Å². The standard InChI is InChI=1S/C17H15ClIN/c1-11-17(2,16(19)12-6-4-3-5-7-12)14-10-13(18)8-9-15(14)20-11/h3-10,16H,1-2H3. The van der Waals surface area contributed by atoms with Crippen molar-refractivity contribution in [2.24, 2.45) is 4.99 Å². The molecule has 0 bridgehead atoms. The van der Waals surface area contributed by atoms with E-state index in [9.17, 15) is 0 Å². The minimum atomic E-state index is -0.109. The van der Waals surface area contributed by atoms with Crippen molar-refractivity contribution >= 4 is 45.6 Å². The molecular formula is C17H15ClIN. The van der Waals surface area contributed by atoms with E-state index in [0.29, 0.717) is 3.92 Å². The zero-order chi connectivity index (χ0) is 14.3. The van der Waals surface area contributed by atoms with Gasteiger partial charge in [-0.3, -0.25) is 4.99 Å². The highest BCUT2D eigenvalue weighted by atomic mass is 127. The van der Waals surface area contributed by atoms with Gasteiger partial charge in [0, 0.05) is 16.1 Å². The summed E-state index contributed by atoms with van der Waals surface area (Å²) in [6, 6.07) is 16.6. The number of aliphatic imine (C=N–C) groups is 1. The Bertz CT molecular complexity index is 681. The van der Waals surface area contributed by atoms with Crippen LogP contribution in [0.4, 0.5) is 5.69 Å². The molecule has 1 aliphatic rings. The maximum absolute atomic E-state index is 6.20. The molecule has 102 valence electrons. The Balaban J connectivity index is 2.13. The summed E-state index contributed by atoms with van der Waals surface area (Å²) in [5, 5.41) is 0.775. The topological polar surface area (TPSA) is 12.4 Å². The van der Waals surface area contributed by atoms with Crippen LogP contribution >= 0.6 is 34.2 Å². The third kappa shape index (κ3) is 2.09. The molecule has 3 rings (SSSR count). The molecule has 0 saturated carbocycles. The second-order valence-electron chi connectivity index (χ2n) is 5.33. The molecule has 0 aromatic heterocycles. The first-order valence-electron chi connectivity index (χ1n) is 6.58. The van der Waals surface area contributed by atoms with Gasteiger partial charge in [-0.15, -0.1) is 0 Å². The summed E-state index contributed by atoms with van der Waals surface area (Å²) in [6.07, 6.45) is 0. The van der Waals surface area contributed by atoms with Gasteiger partial charge in [-0.1, -0.05) is 64.5 Å². The van der Waals surface area contributed by atoms with Gasteiger partial charge in [-0.05, 0) is 43.2 Å². The lowest BCUT2D eigenvalue weighted by molar-refractivity contribution is 0.649. The number of nitrogens with zero attached hydrogens (tertiary/aromatic N) is 1. The van der Waals surface area contributed by atoms with Crippen molar-refractivity contribution in [1.29, 1.82) is 0 Å². The van der Waals surface area contributed by atoms with Gasteiger partial charge in [-0.2, -0.15) is 0 Å². The lowest BCUT2D eigenvalue weighted by Crippen LogP contribution is -2.32. The molecule has 2 aromatic rings. The summed E-state index contributed by atoms with van der Waals surface area (Å²) in [5.41, 5.74) is 4.64. The summed E-state index contributed by atoms with van der Waals surface area (Å²) >= 11 is 8.72. The molecule has 2 unspecified atom stereocenters. The fourth-order valence-electron chi connectivity index (χ4n) is 2.79. The average Bonchev–Trinajstić information content (AvgIpc) is 2.72. The van der Waals surface area contributed by atoms with Gasteiger partial charge in [0.25, 0.3) is 0 Å². The van der Waals surface area contributed by atoms with E-state index in [4.69, 9.17) is 16.6 Å². The number of rotatable bonds is 2. The maximum atomic E-state index is 6.20. The molecule has 0 spiro atoms. The Morgan fingerprint density at radius 2 is 1.85 bits per heavy atom.